The molecular weight excluding hydrogens is 198 g/mol. The standard InChI is InChI=1S/C10H12ClN3/c1-7-3-4-8-10(12-7)14(2)9(13-8)5-6-11/h3-4H,5-6H2,1-2H3. The zero-order valence-electron chi connectivity index (χ0n) is 8.29. The Morgan fingerprint density at radius 3 is 2.86 bits per heavy atom. The van der Waals surface area contributed by atoms with Gasteiger partial charge >= 0.3 is 0 Å². The number of aryl methyl sites for hydroxylation is 3. The molecule has 0 fully saturated rings. The van der Waals surface area contributed by atoms with Crippen LogP contribution in [0.4, 0.5) is 0 Å². The van der Waals surface area contributed by atoms with Crippen molar-refractivity contribution in [2.24, 2.45) is 7.05 Å². The van der Waals surface area contributed by atoms with Crippen molar-refractivity contribution in [2.45, 2.75) is 13.3 Å². The summed E-state index contributed by atoms with van der Waals surface area (Å²) >= 11 is 5.69. The molecule has 0 spiro atoms. The Bertz CT molecular complexity index is 462. The van der Waals surface area contributed by atoms with Crippen molar-refractivity contribution in [2.75, 3.05) is 5.88 Å². The van der Waals surface area contributed by atoms with Gasteiger partial charge in [-0.05, 0) is 19.1 Å². The molecule has 74 valence electrons. The summed E-state index contributed by atoms with van der Waals surface area (Å²) in [5, 5.41) is 0. The van der Waals surface area contributed by atoms with Gasteiger partial charge in [0.25, 0.3) is 0 Å². The van der Waals surface area contributed by atoms with Gasteiger partial charge in [0.05, 0.1) is 0 Å². The van der Waals surface area contributed by atoms with Crippen molar-refractivity contribution >= 4 is 22.8 Å². The van der Waals surface area contributed by atoms with Crippen LogP contribution in [0.5, 0.6) is 0 Å². The smallest absolute Gasteiger partial charge is 0.159 e. The molecule has 0 bridgehead atoms. The number of fused-ring (bicyclic) bond motifs is 1. The SMILES string of the molecule is Cc1ccc2nc(CCCl)n(C)c2n1. The van der Waals surface area contributed by atoms with E-state index >= 15 is 0 Å². The highest BCUT2D eigenvalue weighted by Gasteiger charge is 2.07. The molecular formula is C10H12ClN3. The van der Waals surface area contributed by atoms with Gasteiger partial charge < -0.3 is 4.57 Å². The fourth-order valence-corrected chi connectivity index (χ4v) is 1.68. The molecule has 0 aliphatic carbocycles. The van der Waals surface area contributed by atoms with Crippen molar-refractivity contribution in [3.63, 3.8) is 0 Å². The van der Waals surface area contributed by atoms with Crippen LogP contribution in [0.25, 0.3) is 11.2 Å². The zero-order valence-corrected chi connectivity index (χ0v) is 9.04. The summed E-state index contributed by atoms with van der Waals surface area (Å²) in [5.41, 5.74) is 2.89. The molecule has 2 heterocycles. The number of nitrogens with zero attached hydrogens (tertiary/aromatic N) is 3. The fraction of sp³-hybridized carbons (Fsp3) is 0.400. The Kier molecular flexibility index (Phi) is 2.42. The Hall–Kier alpha value is -1.09. The fourth-order valence-electron chi connectivity index (χ4n) is 1.51. The molecule has 2 aromatic heterocycles. The first-order valence-electron chi connectivity index (χ1n) is 4.57. The lowest BCUT2D eigenvalue weighted by Gasteiger charge is -1.98. The Morgan fingerprint density at radius 1 is 1.36 bits per heavy atom. The number of hydrogen-bond donors (Lipinski definition) is 0. The van der Waals surface area contributed by atoms with Crippen LogP contribution in [-0.4, -0.2) is 20.4 Å². The molecule has 0 saturated heterocycles. The Labute approximate surface area is 87.7 Å². The first kappa shape index (κ1) is 9.46. The minimum absolute atomic E-state index is 0.593. The lowest BCUT2D eigenvalue weighted by Crippen LogP contribution is -1.99. The van der Waals surface area contributed by atoms with Crippen LogP contribution in [0, 0.1) is 6.92 Å². The summed E-state index contributed by atoms with van der Waals surface area (Å²) in [5.74, 6) is 1.59. The first-order valence-corrected chi connectivity index (χ1v) is 5.10. The third-order valence-corrected chi connectivity index (χ3v) is 2.46. The van der Waals surface area contributed by atoms with Gasteiger partial charge in [-0.2, -0.15) is 0 Å². The summed E-state index contributed by atoms with van der Waals surface area (Å²) in [6, 6.07) is 3.97. The molecule has 0 amide bonds. The van der Waals surface area contributed by atoms with Crippen molar-refractivity contribution in [1.82, 2.24) is 14.5 Å². The highest BCUT2D eigenvalue weighted by Crippen LogP contribution is 2.13. The summed E-state index contributed by atoms with van der Waals surface area (Å²) in [4.78, 5) is 8.89. The second-order valence-electron chi connectivity index (χ2n) is 3.32. The number of imidazole rings is 1. The number of hydrogen-bond acceptors (Lipinski definition) is 2. The lowest BCUT2D eigenvalue weighted by atomic mass is 10.3. The van der Waals surface area contributed by atoms with E-state index in [-0.39, 0.29) is 0 Å². The van der Waals surface area contributed by atoms with Crippen LogP contribution < -0.4 is 0 Å². The monoisotopic (exact) mass is 209 g/mol. The van der Waals surface area contributed by atoms with E-state index in [1.54, 1.807) is 0 Å². The molecule has 0 saturated carbocycles. The van der Waals surface area contributed by atoms with Crippen LogP contribution >= 0.6 is 11.6 Å². The molecule has 3 nitrogen and oxygen atoms in total. The third-order valence-electron chi connectivity index (χ3n) is 2.27. The summed E-state index contributed by atoms with van der Waals surface area (Å²) in [7, 11) is 1.98. The van der Waals surface area contributed by atoms with Crippen molar-refractivity contribution < 1.29 is 0 Å². The maximum Gasteiger partial charge on any atom is 0.159 e. The van der Waals surface area contributed by atoms with E-state index in [4.69, 9.17) is 11.6 Å². The molecule has 2 rings (SSSR count). The summed E-state index contributed by atoms with van der Waals surface area (Å²) in [6.45, 7) is 1.98. The number of rotatable bonds is 2. The molecule has 0 N–H and O–H groups in total. The van der Waals surface area contributed by atoms with Gasteiger partial charge in [-0.15, -0.1) is 11.6 Å². The second-order valence-corrected chi connectivity index (χ2v) is 3.70. The van der Waals surface area contributed by atoms with E-state index in [2.05, 4.69) is 9.97 Å². The van der Waals surface area contributed by atoms with E-state index in [9.17, 15) is 0 Å². The molecule has 0 aliphatic rings. The molecule has 0 aliphatic heterocycles. The minimum Gasteiger partial charge on any atom is -0.316 e. The highest BCUT2D eigenvalue weighted by atomic mass is 35.5. The van der Waals surface area contributed by atoms with E-state index in [1.807, 2.05) is 30.7 Å². The molecule has 0 aromatic carbocycles. The Morgan fingerprint density at radius 2 is 2.14 bits per heavy atom. The predicted molar refractivity (Wildman–Crippen MR) is 57.7 cm³/mol. The predicted octanol–water partition coefficient (Wildman–Crippen LogP) is 2.06. The lowest BCUT2D eigenvalue weighted by molar-refractivity contribution is 0.822. The quantitative estimate of drug-likeness (QED) is 0.709. The number of pyridine rings is 1. The number of aromatic nitrogens is 3. The summed E-state index contributed by atoms with van der Waals surface area (Å²) < 4.78 is 2.00. The average molecular weight is 210 g/mol. The van der Waals surface area contributed by atoms with E-state index in [0.717, 1.165) is 29.1 Å². The first-order chi connectivity index (χ1) is 6.72. The minimum atomic E-state index is 0.593. The van der Waals surface area contributed by atoms with Crippen LogP contribution in [0.2, 0.25) is 0 Å². The Balaban J connectivity index is 2.62. The molecule has 2 aromatic rings. The maximum atomic E-state index is 5.69. The largest absolute Gasteiger partial charge is 0.316 e. The van der Waals surface area contributed by atoms with Gasteiger partial charge in [0.15, 0.2) is 5.65 Å². The molecule has 0 unspecified atom stereocenters. The average Bonchev–Trinajstić information content (AvgIpc) is 2.46. The molecule has 4 heteroatoms. The zero-order chi connectivity index (χ0) is 10.1. The third kappa shape index (κ3) is 1.48. The number of alkyl halides is 1. The van der Waals surface area contributed by atoms with Crippen LogP contribution in [-0.2, 0) is 13.5 Å². The van der Waals surface area contributed by atoms with Gasteiger partial charge in [-0.1, -0.05) is 0 Å². The van der Waals surface area contributed by atoms with Gasteiger partial charge in [0.1, 0.15) is 11.3 Å². The van der Waals surface area contributed by atoms with E-state index < -0.39 is 0 Å². The normalized spacial score (nSPS) is 11.1. The maximum absolute atomic E-state index is 5.69. The van der Waals surface area contributed by atoms with E-state index in [0.29, 0.717) is 5.88 Å². The topological polar surface area (TPSA) is 30.7 Å². The van der Waals surface area contributed by atoms with Crippen molar-refractivity contribution in [3.8, 4) is 0 Å². The van der Waals surface area contributed by atoms with Gasteiger partial charge in [0, 0.05) is 25.0 Å². The van der Waals surface area contributed by atoms with Crippen molar-refractivity contribution in [1.29, 1.82) is 0 Å². The van der Waals surface area contributed by atoms with Crippen LogP contribution in [0.3, 0.4) is 0 Å². The molecule has 0 atom stereocenters. The molecule has 0 radical (unpaired) electrons. The van der Waals surface area contributed by atoms with Crippen LogP contribution in [0.15, 0.2) is 12.1 Å². The number of halogens is 1. The van der Waals surface area contributed by atoms with Crippen LogP contribution in [0.1, 0.15) is 11.5 Å². The molecule has 14 heavy (non-hydrogen) atoms. The second kappa shape index (κ2) is 3.58. The summed E-state index contributed by atoms with van der Waals surface area (Å²) in [6.07, 6.45) is 0.785. The highest BCUT2D eigenvalue weighted by molar-refractivity contribution is 6.17. The van der Waals surface area contributed by atoms with Crippen molar-refractivity contribution in [3.05, 3.63) is 23.7 Å². The van der Waals surface area contributed by atoms with Gasteiger partial charge in [-0.3, -0.25) is 0 Å². The van der Waals surface area contributed by atoms with Gasteiger partial charge in [-0.25, -0.2) is 9.97 Å². The van der Waals surface area contributed by atoms with E-state index in [1.165, 1.54) is 0 Å². The van der Waals surface area contributed by atoms with Gasteiger partial charge in [0.2, 0.25) is 0 Å².